The molecule has 0 atom stereocenters. The minimum atomic E-state index is -0.301. The largest absolute Gasteiger partial charge is 0.483 e. The van der Waals surface area contributed by atoms with E-state index >= 15 is 0 Å². The number of nitrogens with one attached hydrogen (secondary N) is 1. The molecule has 0 spiro atoms. The highest BCUT2D eigenvalue weighted by Crippen LogP contribution is 2.31. The van der Waals surface area contributed by atoms with Gasteiger partial charge in [-0.05, 0) is 50.5 Å². The fourth-order valence-corrected chi connectivity index (χ4v) is 2.87. The van der Waals surface area contributed by atoms with E-state index in [9.17, 15) is 4.79 Å². The second-order valence-corrected chi connectivity index (χ2v) is 7.83. The van der Waals surface area contributed by atoms with E-state index in [4.69, 9.17) is 4.74 Å². The maximum absolute atomic E-state index is 11.7. The van der Waals surface area contributed by atoms with Crippen molar-refractivity contribution >= 4 is 39.4 Å². The third kappa shape index (κ3) is 5.48. The van der Waals surface area contributed by atoms with Gasteiger partial charge in [0.1, 0.15) is 5.75 Å². The number of carbonyl (C=O) groups excluding carboxylic acids is 1. The van der Waals surface area contributed by atoms with Crippen molar-refractivity contribution < 1.29 is 9.53 Å². The first-order valence-corrected chi connectivity index (χ1v) is 8.82. The van der Waals surface area contributed by atoms with Gasteiger partial charge in [-0.2, -0.15) is 5.10 Å². The first-order valence-electron chi connectivity index (χ1n) is 7.14. The Morgan fingerprint density at radius 2 is 2.17 bits per heavy atom. The monoisotopic (exact) mass is 394 g/mol. The van der Waals surface area contributed by atoms with E-state index < -0.39 is 0 Å². The molecule has 2 rings (SSSR count). The number of hydrazone groups is 1. The number of halogens is 1. The summed E-state index contributed by atoms with van der Waals surface area (Å²) in [6, 6.07) is 9.74. The van der Waals surface area contributed by atoms with Gasteiger partial charge in [-0.15, -0.1) is 11.3 Å². The minimum Gasteiger partial charge on any atom is -0.483 e. The fourth-order valence-electron chi connectivity index (χ4n) is 1.79. The molecule has 2 aromatic rings. The number of hydrogen-bond acceptors (Lipinski definition) is 4. The lowest BCUT2D eigenvalue weighted by Gasteiger charge is -2.20. The zero-order valence-corrected chi connectivity index (χ0v) is 15.7. The Balaban J connectivity index is 1.87. The van der Waals surface area contributed by atoms with Crippen LogP contribution in [0.15, 0.2) is 45.3 Å². The number of carbonyl (C=O) groups is 1. The molecule has 0 bridgehead atoms. The topological polar surface area (TPSA) is 50.7 Å². The summed E-state index contributed by atoms with van der Waals surface area (Å²) in [5, 5.41) is 5.84. The summed E-state index contributed by atoms with van der Waals surface area (Å²) in [6.45, 7) is 6.35. The smallest absolute Gasteiger partial charge is 0.277 e. The van der Waals surface area contributed by atoms with E-state index in [1.54, 1.807) is 17.6 Å². The zero-order valence-electron chi connectivity index (χ0n) is 13.3. The molecule has 0 saturated heterocycles. The van der Waals surface area contributed by atoms with Crippen LogP contribution in [0.3, 0.4) is 0 Å². The maximum Gasteiger partial charge on any atom is 0.277 e. The number of rotatable bonds is 5. The average molecular weight is 395 g/mol. The fraction of sp³-hybridized carbons (Fsp3) is 0.294. The number of amides is 1. The van der Waals surface area contributed by atoms with Crippen molar-refractivity contribution in [2.45, 2.75) is 26.2 Å². The standard InChI is InChI=1S/C17H19BrN2O2S/c1-17(2,3)12-6-7-15(14(18)9-12)22-11-16(21)20-19-10-13-5-4-8-23-13/h4-10H,11H2,1-3H3,(H,20,21)/b19-10+. The van der Waals surface area contributed by atoms with Gasteiger partial charge >= 0.3 is 0 Å². The van der Waals surface area contributed by atoms with Crippen LogP contribution in [0.4, 0.5) is 0 Å². The molecule has 1 heterocycles. The van der Waals surface area contributed by atoms with E-state index in [-0.39, 0.29) is 17.9 Å². The molecular formula is C17H19BrN2O2S. The van der Waals surface area contributed by atoms with Crippen molar-refractivity contribution in [1.29, 1.82) is 0 Å². The Hall–Kier alpha value is -1.66. The highest BCUT2D eigenvalue weighted by atomic mass is 79.9. The summed E-state index contributed by atoms with van der Waals surface area (Å²) in [5.41, 5.74) is 3.70. The molecule has 1 aromatic heterocycles. The minimum absolute atomic E-state index is 0.0644. The molecule has 0 aliphatic rings. The number of benzene rings is 1. The van der Waals surface area contributed by atoms with E-state index in [0.717, 1.165) is 9.35 Å². The Morgan fingerprint density at radius 1 is 1.39 bits per heavy atom. The van der Waals surface area contributed by atoms with Crippen LogP contribution in [0.2, 0.25) is 0 Å². The third-order valence-electron chi connectivity index (χ3n) is 3.08. The SMILES string of the molecule is CC(C)(C)c1ccc(OCC(=O)N/N=C/c2cccs2)c(Br)c1. The lowest BCUT2D eigenvalue weighted by Crippen LogP contribution is -2.24. The normalized spacial score (nSPS) is 11.7. The Morgan fingerprint density at radius 3 is 2.78 bits per heavy atom. The van der Waals surface area contributed by atoms with Crippen LogP contribution < -0.4 is 10.2 Å². The maximum atomic E-state index is 11.7. The van der Waals surface area contributed by atoms with Crippen molar-refractivity contribution in [2.24, 2.45) is 5.10 Å². The lowest BCUT2D eigenvalue weighted by atomic mass is 9.87. The Kier molecular flexibility index (Phi) is 5.96. The van der Waals surface area contributed by atoms with Crippen molar-refractivity contribution in [3.8, 4) is 5.75 Å². The summed E-state index contributed by atoms with van der Waals surface area (Å²) in [7, 11) is 0. The van der Waals surface area contributed by atoms with Gasteiger partial charge in [0, 0.05) is 4.88 Å². The van der Waals surface area contributed by atoms with Crippen LogP contribution in [-0.4, -0.2) is 18.7 Å². The molecule has 0 aliphatic carbocycles. The van der Waals surface area contributed by atoms with E-state index in [1.165, 1.54) is 5.56 Å². The number of nitrogens with zero attached hydrogens (tertiary/aromatic N) is 1. The Bertz CT molecular complexity index is 691. The predicted octanol–water partition coefficient (Wildman–Crippen LogP) is 4.34. The van der Waals surface area contributed by atoms with Gasteiger partial charge < -0.3 is 4.74 Å². The molecule has 6 heteroatoms. The van der Waals surface area contributed by atoms with Gasteiger partial charge in [-0.3, -0.25) is 4.79 Å². The first-order chi connectivity index (χ1) is 10.9. The first kappa shape index (κ1) is 17.7. The second kappa shape index (κ2) is 7.75. The van der Waals surface area contributed by atoms with E-state index in [0.29, 0.717) is 5.75 Å². The van der Waals surface area contributed by atoms with Crippen LogP contribution in [0.5, 0.6) is 5.75 Å². The van der Waals surface area contributed by atoms with Crippen LogP contribution in [0, 0.1) is 0 Å². The number of thiophene rings is 1. The van der Waals surface area contributed by atoms with Gasteiger partial charge in [0.15, 0.2) is 6.61 Å². The second-order valence-electron chi connectivity index (χ2n) is 5.99. The highest BCUT2D eigenvalue weighted by Gasteiger charge is 2.15. The molecule has 1 N–H and O–H groups in total. The lowest BCUT2D eigenvalue weighted by molar-refractivity contribution is -0.123. The molecule has 122 valence electrons. The van der Waals surface area contributed by atoms with E-state index in [1.807, 2.05) is 35.7 Å². The molecule has 0 fully saturated rings. The van der Waals surface area contributed by atoms with Gasteiger partial charge in [0.2, 0.25) is 0 Å². The molecule has 4 nitrogen and oxygen atoms in total. The van der Waals surface area contributed by atoms with Gasteiger partial charge in [0.25, 0.3) is 5.91 Å². The molecule has 0 saturated carbocycles. The summed E-state index contributed by atoms with van der Waals surface area (Å²) >= 11 is 5.04. The quantitative estimate of drug-likeness (QED) is 0.605. The van der Waals surface area contributed by atoms with Crippen LogP contribution in [-0.2, 0) is 10.2 Å². The van der Waals surface area contributed by atoms with Crippen molar-refractivity contribution in [2.75, 3.05) is 6.61 Å². The summed E-state index contributed by atoms with van der Waals surface area (Å²) in [6.07, 6.45) is 1.61. The molecule has 1 aromatic carbocycles. The summed E-state index contributed by atoms with van der Waals surface area (Å²) in [4.78, 5) is 12.7. The summed E-state index contributed by atoms with van der Waals surface area (Å²) < 4.78 is 6.36. The van der Waals surface area contributed by atoms with Crippen LogP contribution >= 0.6 is 27.3 Å². The van der Waals surface area contributed by atoms with Gasteiger partial charge in [-0.1, -0.05) is 32.9 Å². The van der Waals surface area contributed by atoms with Crippen molar-refractivity contribution in [1.82, 2.24) is 5.43 Å². The Labute approximate surface area is 148 Å². The van der Waals surface area contributed by atoms with Crippen molar-refractivity contribution in [3.05, 3.63) is 50.6 Å². The highest BCUT2D eigenvalue weighted by molar-refractivity contribution is 9.10. The zero-order chi connectivity index (χ0) is 16.9. The molecule has 1 amide bonds. The van der Waals surface area contributed by atoms with Gasteiger partial charge in [0.05, 0.1) is 10.7 Å². The molecule has 0 radical (unpaired) electrons. The third-order valence-corrected chi connectivity index (χ3v) is 4.51. The molecule has 23 heavy (non-hydrogen) atoms. The molecular weight excluding hydrogens is 376 g/mol. The number of ether oxygens (including phenoxy) is 1. The number of hydrogen-bond donors (Lipinski definition) is 1. The van der Waals surface area contributed by atoms with Gasteiger partial charge in [-0.25, -0.2) is 5.43 Å². The molecule has 0 aliphatic heterocycles. The summed E-state index contributed by atoms with van der Waals surface area (Å²) in [5.74, 6) is 0.333. The predicted molar refractivity (Wildman–Crippen MR) is 98.4 cm³/mol. The van der Waals surface area contributed by atoms with Crippen LogP contribution in [0.25, 0.3) is 0 Å². The van der Waals surface area contributed by atoms with Crippen LogP contribution in [0.1, 0.15) is 31.2 Å². The van der Waals surface area contributed by atoms with Crippen molar-refractivity contribution in [3.63, 3.8) is 0 Å². The van der Waals surface area contributed by atoms with E-state index in [2.05, 4.69) is 47.2 Å². The molecule has 0 unspecified atom stereocenters. The average Bonchev–Trinajstić information content (AvgIpc) is 2.98.